The van der Waals surface area contributed by atoms with Crippen LogP contribution in [0.4, 0.5) is 17.6 Å². The predicted molar refractivity (Wildman–Crippen MR) is 123 cm³/mol. The van der Waals surface area contributed by atoms with Crippen molar-refractivity contribution in [1.82, 2.24) is 14.5 Å². The van der Waals surface area contributed by atoms with Crippen molar-refractivity contribution < 1.29 is 41.7 Å². The van der Waals surface area contributed by atoms with Crippen LogP contribution >= 0.6 is 0 Å². The Morgan fingerprint density at radius 3 is 2.62 bits per heavy atom. The highest BCUT2D eigenvalue weighted by atomic mass is 19.4. The van der Waals surface area contributed by atoms with E-state index in [4.69, 9.17) is 4.74 Å². The number of aromatic nitrogens is 2. The van der Waals surface area contributed by atoms with Gasteiger partial charge in [0.1, 0.15) is 12.3 Å². The number of fused-ring (bicyclic) bond motifs is 3. The molecule has 8 nitrogen and oxygen atoms in total. The van der Waals surface area contributed by atoms with Gasteiger partial charge in [0.15, 0.2) is 11.6 Å². The van der Waals surface area contributed by atoms with Crippen LogP contribution in [-0.4, -0.2) is 57.6 Å². The third kappa shape index (κ3) is 5.85. The van der Waals surface area contributed by atoms with Gasteiger partial charge in [-0.1, -0.05) is 6.07 Å². The van der Waals surface area contributed by atoms with Gasteiger partial charge in [0.2, 0.25) is 5.91 Å². The fourth-order valence-electron chi connectivity index (χ4n) is 4.22. The van der Waals surface area contributed by atoms with E-state index in [-0.39, 0.29) is 32.2 Å². The minimum atomic E-state index is -5.01. The third-order valence-corrected chi connectivity index (χ3v) is 6.20. The lowest BCUT2D eigenvalue weighted by Gasteiger charge is -2.29. The maximum atomic E-state index is 14.3. The number of hydrogen-bond donors (Lipinski definition) is 1. The summed E-state index contributed by atoms with van der Waals surface area (Å²) in [6.07, 6.45) is -2.87. The van der Waals surface area contributed by atoms with E-state index in [0.717, 1.165) is 28.8 Å². The minimum absolute atomic E-state index is 0.109. The van der Waals surface area contributed by atoms with Crippen LogP contribution in [0.15, 0.2) is 36.5 Å². The van der Waals surface area contributed by atoms with Gasteiger partial charge in [-0.05, 0) is 55.7 Å². The Kier molecular flexibility index (Phi) is 7.13. The van der Waals surface area contributed by atoms with Crippen molar-refractivity contribution in [3.63, 3.8) is 0 Å². The maximum Gasteiger partial charge on any atom is 0.573 e. The molecule has 1 aliphatic rings. The minimum Gasteiger partial charge on any atom is -0.481 e. The molecule has 12 heteroatoms. The molecule has 0 atom stereocenters. The second-order valence-corrected chi connectivity index (χ2v) is 9.45. The quantitative estimate of drug-likeness (QED) is 0.447. The zero-order valence-corrected chi connectivity index (χ0v) is 20.1. The first-order chi connectivity index (χ1) is 17.4. The van der Waals surface area contributed by atoms with E-state index in [1.807, 2.05) is 10.6 Å². The number of carboxylic acid groups (broad SMARTS) is 1. The summed E-state index contributed by atoms with van der Waals surface area (Å²) >= 11 is 0. The van der Waals surface area contributed by atoms with E-state index in [9.17, 15) is 32.3 Å². The first-order valence-corrected chi connectivity index (χ1v) is 11.4. The monoisotopic (exact) mass is 523 g/mol. The molecular formula is C25H25F4N3O5. The van der Waals surface area contributed by atoms with E-state index in [1.165, 1.54) is 19.9 Å². The van der Waals surface area contributed by atoms with Gasteiger partial charge in [-0.25, -0.2) is 9.37 Å². The Morgan fingerprint density at radius 1 is 1.19 bits per heavy atom. The number of aliphatic carboxylic acids is 1. The highest BCUT2D eigenvalue weighted by Gasteiger charge is 2.33. The van der Waals surface area contributed by atoms with E-state index in [1.54, 1.807) is 17.2 Å². The van der Waals surface area contributed by atoms with Crippen molar-refractivity contribution in [3.8, 4) is 5.75 Å². The molecule has 0 spiro atoms. The van der Waals surface area contributed by atoms with Crippen LogP contribution in [0.25, 0.3) is 11.0 Å². The molecule has 0 bridgehead atoms. The van der Waals surface area contributed by atoms with Crippen molar-refractivity contribution in [2.75, 3.05) is 19.8 Å². The van der Waals surface area contributed by atoms with Gasteiger partial charge in [-0.3, -0.25) is 9.59 Å². The van der Waals surface area contributed by atoms with Crippen LogP contribution in [0.5, 0.6) is 5.75 Å². The average Bonchev–Trinajstić information content (AvgIpc) is 3.13. The highest BCUT2D eigenvalue weighted by Crippen LogP contribution is 2.32. The SMILES string of the molecule is CC(C)(COCC(=O)N1CCc2c(n(Cc3ccc(OC(F)(F)F)c(F)c3)c3ncccc23)C1)C(=O)O. The zero-order chi connectivity index (χ0) is 27.0. The molecule has 37 heavy (non-hydrogen) atoms. The van der Waals surface area contributed by atoms with Crippen LogP contribution < -0.4 is 4.74 Å². The number of benzene rings is 1. The fraction of sp³-hybridized carbons (Fsp3) is 0.400. The standard InChI is InChI=1S/C25H25F4N3O5/c1-24(2,23(34)35)14-36-13-21(33)31-9-7-16-17-4-3-8-30-22(17)32(19(16)12-31)11-15-5-6-20(18(26)10-15)37-25(27,28)29/h3-6,8,10H,7,9,11-14H2,1-2H3,(H,34,35). The summed E-state index contributed by atoms with van der Waals surface area (Å²) < 4.78 is 62.7. The maximum absolute atomic E-state index is 14.3. The van der Waals surface area contributed by atoms with Crippen molar-refractivity contribution in [3.05, 3.63) is 59.2 Å². The summed E-state index contributed by atoms with van der Waals surface area (Å²) in [5, 5.41) is 10.1. The lowest BCUT2D eigenvalue weighted by atomic mass is 9.95. The molecule has 1 aromatic carbocycles. The zero-order valence-electron chi connectivity index (χ0n) is 20.1. The van der Waals surface area contributed by atoms with Crippen LogP contribution in [0, 0.1) is 11.2 Å². The second kappa shape index (κ2) is 10.0. The Balaban J connectivity index is 1.56. The first kappa shape index (κ1) is 26.4. The van der Waals surface area contributed by atoms with Gasteiger partial charge in [-0.15, -0.1) is 13.2 Å². The Bertz CT molecular complexity index is 1340. The molecule has 4 rings (SSSR count). The molecule has 0 fully saturated rings. The molecule has 2 aromatic heterocycles. The van der Waals surface area contributed by atoms with Crippen molar-refractivity contribution >= 4 is 22.9 Å². The molecule has 0 unspecified atom stereocenters. The topological polar surface area (TPSA) is 93.9 Å². The van der Waals surface area contributed by atoms with Crippen molar-refractivity contribution in [2.45, 2.75) is 39.7 Å². The average molecular weight is 523 g/mol. The lowest BCUT2D eigenvalue weighted by molar-refractivity contribution is -0.275. The van der Waals surface area contributed by atoms with Crippen molar-refractivity contribution in [2.24, 2.45) is 5.41 Å². The highest BCUT2D eigenvalue weighted by molar-refractivity contribution is 5.84. The molecule has 0 radical (unpaired) electrons. The molecule has 0 saturated carbocycles. The van der Waals surface area contributed by atoms with Gasteiger partial charge in [0.25, 0.3) is 0 Å². The van der Waals surface area contributed by atoms with Crippen LogP contribution in [-0.2, 0) is 33.8 Å². The number of ether oxygens (including phenoxy) is 2. The fourth-order valence-corrected chi connectivity index (χ4v) is 4.22. The van der Waals surface area contributed by atoms with Gasteiger partial charge < -0.3 is 24.0 Å². The molecule has 1 aliphatic heterocycles. The summed E-state index contributed by atoms with van der Waals surface area (Å²) in [6.45, 7) is 3.34. The summed E-state index contributed by atoms with van der Waals surface area (Å²) in [5.41, 5.74) is 1.62. The number of carbonyl (C=O) groups is 2. The molecule has 3 aromatic rings. The Labute approximate surface area is 209 Å². The van der Waals surface area contributed by atoms with Gasteiger partial charge in [-0.2, -0.15) is 0 Å². The van der Waals surface area contributed by atoms with Crippen LogP contribution in [0.2, 0.25) is 0 Å². The number of carboxylic acids is 1. The van der Waals surface area contributed by atoms with Crippen molar-refractivity contribution in [1.29, 1.82) is 0 Å². The molecule has 1 amide bonds. The van der Waals surface area contributed by atoms with E-state index in [2.05, 4.69) is 9.72 Å². The Hall–Kier alpha value is -3.67. The number of nitrogens with zero attached hydrogens (tertiary/aromatic N) is 3. The molecular weight excluding hydrogens is 498 g/mol. The molecule has 0 saturated heterocycles. The molecule has 3 heterocycles. The first-order valence-electron chi connectivity index (χ1n) is 11.4. The van der Waals surface area contributed by atoms with Gasteiger partial charge >= 0.3 is 12.3 Å². The van der Waals surface area contributed by atoms with Gasteiger partial charge in [0.05, 0.1) is 18.6 Å². The molecule has 198 valence electrons. The number of alkyl halides is 3. The van der Waals surface area contributed by atoms with E-state index >= 15 is 0 Å². The number of rotatable bonds is 8. The third-order valence-electron chi connectivity index (χ3n) is 6.20. The summed E-state index contributed by atoms with van der Waals surface area (Å²) in [6, 6.07) is 6.93. The van der Waals surface area contributed by atoms with Crippen LogP contribution in [0.1, 0.15) is 30.7 Å². The van der Waals surface area contributed by atoms with Crippen LogP contribution in [0.3, 0.4) is 0 Å². The van der Waals surface area contributed by atoms with Gasteiger partial charge in [0, 0.05) is 30.4 Å². The smallest absolute Gasteiger partial charge is 0.481 e. The number of pyridine rings is 1. The summed E-state index contributed by atoms with van der Waals surface area (Å²) in [7, 11) is 0. The normalized spacial score (nSPS) is 14.1. The molecule has 1 N–H and O–H groups in total. The summed E-state index contributed by atoms with van der Waals surface area (Å²) in [4.78, 5) is 30.1. The number of amides is 1. The second-order valence-electron chi connectivity index (χ2n) is 9.45. The predicted octanol–water partition coefficient (Wildman–Crippen LogP) is 4.13. The number of hydrogen-bond acceptors (Lipinski definition) is 5. The lowest BCUT2D eigenvalue weighted by Crippen LogP contribution is -2.40. The summed E-state index contributed by atoms with van der Waals surface area (Å²) in [5.74, 6) is -3.41. The largest absolute Gasteiger partial charge is 0.573 e. The number of halogens is 4. The van der Waals surface area contributed by atoms with E-state index in [0.29, 0.717) is 24.2 Å². The van der Waals surface area contributed by atoms with E-state index < -0.39 is 29.3 Å². The number of carbonyl (C=O) groups excluding carboxylic acids is 1. The Morgan fingerprint density at radius 2 is 1.95 bits per heavy atom. The molecule has 0 aliphatic carbocycles.